The molecule has 2 amide bonds. The van der Waals surface area contributed by atoms with Crippen LogP contribution in [0.25, 0.3) is 0 Å². The highest BCUT2D eigenvalue weighted by Gasteiger charge is 2.09. The third-order valence-electron chi connectivity index (χ3n) is 3.31. The van der Waals surface area contributed by atoms with Crippen LogP contribution in [-0.4, -0.2) is 25.0 Å². The fourth-order valence-electron chi connectivity index (χ4n) is 2.08. The van der Waals surface area contributed by atoms with Gasteiger partial charge in [-0.1, -0.05) is 37.3 Å². The van der Waals surface area contributed by atoms with Crippen molar-refractivity contribution in [2.45, 2.75) is 13.3 Å². The minimum absolute atomic E-state index is 0.0911. The Balaban J connectivity index is 1.77. The molecule has 2 aromatic carbocycles. The zero-order valence-electron chi connectivity index (χ0n) is 13.3. The first-order valence-corrected chi connectivity index (χ1v) is 8.69. The maximum atomic E-state index is 11.9. The molecule has 0 atom stereocenters. The van der Waals surface area contributed by atoms with Crippen LogP contribution in [0.4, 0.5) is 5.69 Å². The Hall–Kier alpha value is -2.09. The van der Waals surface area contributed by atoms with E-state index in [1.54, 1.807) is 6.07 Å². The summed E-state index contributed by atoms with van der Waals surface area (Å²) in [7, 11) is 0. The number of hydrogen-bond donors (Lipinski definition) is 2. The lowest BCUT2D eigenvalue weighted by Crippen LogP contribution is -2.36. The van der Waals surface area contributed by atoms with Gasteiger partial charge in [-0.25, -0.2) is 0 Å². The van der Waals surface area contributed by atoms with E-state index in [4.69, 9.17) is 4.74 Å². The van der Waals surface area contributed by atoms with Crippen LogP contribution in [-0.2, 0) is 16.0 Å². The Morgan fingerprint density at radius 1 is 1.04 bits per heavy atom. The predicted octanol–water partition coefficient (Wildman–Crippen LogP) is 2.99. The molecule has 0 aliphatic rings. The predicted molar refractivity (Wildman–Crippen MR) is 102 cm³/mol. The second-order valence-corrected chi connectivity index (χ2v) is 6.22. The first-order valence-electron chi connectivity index (χ1n) is 7.62. The van der Waals surface area contributed by atoms with Crippen molar-refractivity contribution in [1.82, 2.24) is 5.32 Å². The SMILES string of the molecule is CCc1ccccc1NC(=O)CNC(=O)COc1ccccc1I. The van der Waals surface area contributed by atoms with Gasteiger partial charge < -0.3 is 15.4 Å². The second kappa shape index (κ2) is 9.27. The molecule has 2 aromatic rings. The minimum atomic E-state index is -0.339. The molecule has 2 N–H and O–H groups in total. The summed E-state index contributed by atoms with van der Waals surface area (Å²) in [5.41, 5.74) is 1.83. The van der Waals surface area contributed by atoms with E-state index < -0.39 is 0 Å². The summed E-state index contributed by atoms with van der Waals surface area (Å²) >= 11 is 2.14. The molecule has 0 fully saturated rings. The van der Waals surface area contributed by atoms with Crippen LogP contribution in [0, 0.1) is 3.57 Å². The van der Waals surface area contributed by atoms with Crippen molar-refractivity contribution in [3.63, 3.8) is 0 Å². The van der Waals surface area contributed by atoms with Gasteiger partial charge in [0.05, 0.1) is 10.1 Å². The number of para-hydroxylation sites is 2. The van der Waals surface area contributed by atoms with Crippen molar-refractivity contribution >= 4 is 40.1 Å². The van der Waals surface area contributed by atoms with Gasteiger partial charge in [0, 0.05) is 5.69 Å². The van der Waals surface area contributed by atoms with Crippen LogP contribution in [0.15, 0.2) is 48.5 Å². The number of aryl methyl sites for hydroxylation is 1. The van der Waals surface area contributed by atoms with E-state index in [2.05, 4.69) is 33.2 Å². The fourth-order valence-corrected chi connectivity index (χ4v) is 2.62. The van der Waals surface area contributed by atoms with Gasteiger partial charge in [-0.15, -0.1) is 0 Å². The average Bonchev–Trinajstić information content (AvgIpc) is 2.59. The smallest absolute Gasteiger partial charge is 0.258 e. The maximum Gasteiger partial charge on any atom is 0.258 e. The topological polar surface area (TPSA) is 67.4 Å². The molecule has 0 radical (unpaired) electrons. The number of hydrogen-bond acceptors (Lipinski definition) is 3. The molecule has 0 saturated carbocycles. The number of benzene rings is 2. The monoisotopic (exact) mass is 438 g/mol. The van der Waals surface area contributed by atoms with Gasteiger partial charge in [0.15, 0.2) is 6.61 Å². The summed E-state index contributed by atoms with van der Waals surface area (Å²) in [6.07, 6.45) is 0.826. The number of amides is 2. The number of halogens is 1. The van der Waals surface area contributed by atoms with Crippen molar-refractivity contribution in [2.24, 2.45) is 0 Å². The number of ether oxygens (including phenoxy) is 1. The van der Waals surface area contributed by atoms with Crippen molar-refractivity contribution in [3.8, 4) is 5.75 Å². The molecule has 0 aliphatic heterocycles. The van der Waals surface area contributed by atoms with E-state index in [1.165, 1.54) is 0 Å². The lowest BCUT2D eigenvalue weighted by atomic mass is 10.1. The molecule has 2 rings (SSSR count). The van der Waals surface area contributed by atoms with Crippen molar-refractivity contribution in [1.29, 1.82) is 0 Å². The van der Waals surface area contributed by atoms with Crippen LogP contribution >= 0.6 is 22.6 Å². The highest BCUT2D eigenvalue weighted by Crippen LogP contribution is 2.19. The lowest BCUT2D eigenvalue weighted by Gasteiger charge is -2.11. The van der Waals surface area contributed by atoms with Gasteiger partial charge >= 0.3 is 0 Å². The molecule has 5 nitrogen and oxygen atoms in total. The highest BCUT2D eigenvalue weighted by molar-refractivity contribution is 14.1. The summed E-state index contributed by atoms with van der Waals surface area (Å²) in [5, 5.41) is 5.36. The van der Waals surface area contributed by atoms with Crippen LogP contribution in [0.2, 0.25) is 0 Å². The summed E-state index contributed by atoms with van der Waals surface area (Å²) in [6, 6.07) is 15.0. The molecule has 0 aromatic heterocycles. The van der Waals surface area contributed by atoms with Crippen molar-refractivity contribution < 1.29 is 14.3 Å². The minimum Gasteiger partial charge on any atom is -0.483 e. The van der Waals surface area contributed by atoms with Gasteiger partial charge in [0.1, 0.15) is 5.75 Å². The molecule has 0 aliphatic carbocycles. The zero-order chi connectivity index (χ0) is 17.4. The summed E-state index contributed by atoms with van der Waals surface area (Å²) in [6.45, 7) is 1.81. The van der Waals surface area contributed by atoms with Gasteiger partial charge in [0.25, 0.3) is 5.91 Å². The van der Waals surface area contributed by atoms with Crippen molar-refractivity contribution in [3.05, 3.63) is 57.7 Å². The fraction of sp³-hybridized carbons (Fsp3) is 0.222. The van der Waals surface area contributed by atoms with E-state index in [-0.39, 0.29) is 25.0 Å². The molecule has 24 heavy (non-hydrogen) atoms. The molecule has 0 heterocycles. The average molecular weight is 438 g/mol. The molecular weight excluding hydrogens is 419 g/mol. The van der Waals surface area contributed by atoms with E-state index >= 15 is 0 Å². The number of nitrogens with one attached hydrogen (secondary N) is 2. The van der Waals surface area contributed by atoms with Gasteiger partial charge in [-0.05, 0) is 52.8 Å². The van der Waals surface area contributed by atoms with Crippen LogP contribution in [0.3, 0.4) is 0 Å². The molecule has 0 saturated heterocycles. The van der Waals surface area contributed by atoms with Gasteiger partial charge in [0.2, 0.25) is 5.91 Å². The molecule has 126 valence electrons. The van der Waals surface area contributed by atoms with Crippen LogP contribution in [0.5, 0.6) is 5.75 Å². The molecular formula is C18H19IN2O3. The lowest BCUT2D eigenvalue weighted by molar-refractivity contribution is -0.125. The third-order valence-corrected chi connectivity index (χ3v) is 4.21. The first kappa shape index (κ1) is 18.3. The second-order valence-electron chi connectivity index (χ2n) is 5.05. The van der Waals surface area contributed by atoms with Gasteiger partial charge in [-0.3, -0.25) is 9.59 Å². The zero-order valence-corrected chi connectivity index (χ0v) is 15.5. The Morgan fingerprint density at radius 2 is 1.75 bits per heavy atom. The Labute approximate surface area is 154 Å². The van der Waals surface area contributed by atoms with Crippen molar-refractivity contribution in [2.75, 3.05) is 18.5 Å². The first-order chi connectivity index (χ1) is 11.6. The van der Waals surface area contributed by atoms with Gasteiger partial charge in [-0.2, -0.15) is 0 Å². The number of carbonyl (C=O) groups excluding carboxylic acids is 2. The largest absolute Gasteiger partial charge is 0.483 e. The normalized spacial score (nSPS) is 10.1. The van der Waals surface area contributed by atoms with E-state index in [1.807, 2.05) is 49.4 Å². The van der Waals surface area contributed by atoms with E-state index in [0.29, 0.717) is 5.75 Å². The molecule has 0 spiro atoms. The summed E-state index contributed by atoms with van der Waals surface area (Å²) in [5.74, 6) is 0.0432. The Kier molecular flexibility index (Phi) is 7.05. The molecule has 0 unspecified atom stereocenters. The van der Waals surface area contributed by atoms with E-state index in [0.717, 1.165) is 21.2 Å². The Morgan fingerprint density at radius 3 is 2.50 bits per heavy atom. The number of rotatable bonds is 7. The van der Waals surface area contributed by atoms with Crippen LogP contribution in [0.1, 0.15) is 12.5 Å². The van der Waals surface area contributed by atoms with Crippen LogP contribution < -0.4 is 15.4 Å². The standard InChI is InChI=1S/C18H19IN2O3/c1-2-13-7-3-5-9-15(13)21-17(22)11-20-18(23)12-24-16-10-6-4-8-14(16)19/h3-10H,2,11-12H2,1H3,(H,20,23)(H,21,22). The quantitative estimate of drug-likeness (QED) is 0.654. The third kappa shape index (κ3) is 5.52. The summed E-state index contributed by atoms with van der Waals surface area (Å²) in [4.78, 5) is 23.7. The highest BCUT2D eigenvalue weighted by atomic mass is 127. The number of carbonyl (C=O) groups is 2. The molecule has 6 heteroatoms. The summed E-state index contributed by atoms with van der Waals surface area (Å²) < 4.78 is 6.36. The molecule has 0 bridgehead atoms. The Bertz CT molecular complexity index is 719. The van der Waals surface area contributed by atoms with E-state index in [9.17, 15) is 9.59 Å². The number of anilines is 1. The maximum absolute atomic E-state index is 11.9.